The first kappa shape index (κ1) is 15.8. The predicted molar refractivity (Wildman–Crippen MR) is 81.4 cm³/mol. The SMILES string of the molecule is C[C@@H](NC(=O)Nc1ccn(CCN(C)C)n1)[C@@H]1CCCO1. The maximum Gasteiger partial charge on any atom is 0.320 e. The minimum absolute atomic E-state index is 0.00308. The van der Waals surface area contributed by atoms with Crippen LogP contribution in [0.25, 0.3) is 0 Å². The fraction of sp³-hybridized carbons (Fsp3) is 0.714. The normalized spacial score (nSPS) is 19.7. The van der Waals surface area contributed by atoms with E-state index < -0.39 is 0 Å². The van der Waals surface area contributed by atoms with Gasteiger partial charge in [-0.2, -0.15) is 5.10 Å². The summed E-state index contributed by atoms with van der Waals surface area (Å²) in [7, 11) is 4.03. The number of amides is 2. The van der Waals surface area contributed by atoms with Crippen molar-refractivity contribution in [1.82, 2.24) is 20.0 Å². The zero-order chi connectivity index (χ0) is 15.2. The van der Waals surface area contributed by atoms with Gasteiger partial charge >= 0.3 is 6.03 Å². The summed E-state index contributed by atoms with van der Waals surface area (Å²) < 4.78 is 7.38. The second-order valence-corrected chi connectivity index (χ2v) is 5.71. The molecule has 2 N–H and O–H groups in total. The Bertz CT molecular complexity index is 454. The average Bonchev–Trinajstić information content (AvgIpc) is 3.07. The Balaban J connectivity index is 1.76. The highest BCUT2D eigenvalue weighted by atomic mass is 16.5. The standard InChI is InChI=1S/C14H25N5O2/c1-11(12-5-4-10-21-12)15-14(20)16-13-6-7-19(17-13)9-8-18(2)3/h6-7,11-12H,4-5,8-10H2,1-3H3,(H2,15,16,17,20)/t11-,12+/m1/s1. The van der Waals surface area contributed by atoms with Crippen LogP contribution in [0.15, 0.2) is 12.3 Å². The van der Waals surface area contributed by atoms with Crippen LogP contribution >= 0.6 is 0 Å². The molecule has 2 heterocycles. The summed E-state index contributed by atoms with van der Waals surface area (Å²) >= 11 is 0. The highest BCUT2D eigenvalue weighted by Crippen LogP contribution is 2.15. The molecule has 2 atom stereocenters. The van der Waals surface area contributed by atoms with Crippen LogP contribution < -0.4 is 10.6 Å². The fourth-order valence-electron chi connectivity index (χ4n) is 2.30. The number of nitrogens with zero attached hydrogens (tertiary/aromatic N) is 3. The number of aromatic nitrogens is 2. The number of carbonyl (C=O) groups excluding carboxylic acids is 1. The van der Waals surface area contributed by atoms with Gasteiger partial charge in [-0.05, 0) is 33.9 Å². The molecule has 0 aliphatic carbocycles. The summed E-state index contributed by atoms with van der Waals surface area (Å²) in [6.45, 7) is 4.45. The number of hydrogen-bond acceptors (Lipinski definition) is 4. The molecule has 7 nitrogen and oxygen atoms in total. The Hall–Kier alpha value is -1.60. The molecule has 0 spiro atoms. The van der Waals surface area contributed by atoms with Gasteiger partial charge in [0.05, 0.1) is 18.7 Å². The van der Waals surface area contributed by atoms with E-state index in [0.717, 1.165) is 32.5 Å². The van der Waals surface area contributed by atoms with E-state index in [-0.39, 0.29) is 18.2 Å². The molecule has 1 fully saturated rings. The maximum atomic E-state index is 11.9. The van der Waals surface area contributed by atoms with E-state index in [4.69, 9.17) is 4.74 Å². The van der Waals surface area contributed by atoms with Gasteiger partial charge in [-0.3, -0.25) is 10.00 Å². The molecule has 1 aromatic heterocycles. The number of nitrogens with one attached hydrogen (secondary N) is 2. The molecular weight excluding hydrogens is 270 g/mol. The molecule has 0 aromatic carbocycles. The van der Waals surface area contributed by atoms with Crippen molar-refractivity contribution in [3.05, 3.63) is 12.3 Å². The van der Waals surface area contributed by atoms with Gasteiger partial charge in [-0.15, -0.1) is 0 Å². The Labute approximate surface area is 125 Å². The maximum absolute atomic E-state index is 11.9. The third kappa shape index (κ3) is 5.02. The minimum Gasteiger partial charge on any atom is -0.376 e. The molecule has 1 aliphatic rings. The van der Waals surface area contributed by atoms with Crippen LogP contribution in [-0.4, -0.2) is 60.1 Å². The zero-order valence-electron chi connectivity index (χ0n) is 13.0. The quantitative estimate of drug-likeness (QED) is 0.825. The fourth-order valence-corrected chi connectivity index (χ4v) is 2.30. The van der Waals surface area contributed by atoms with Gasteiger partial charge in [-0.1, -0.05) is 0 Å². The number of ether oxygens (including phenoxy) is 1. The largest absolute Gasteiger partial charge is 0.376 e. The van der Waals surface area contributed by atoms with Gasteiger partial charge in [0.25, 0.3) is 0 Å². The van der Waals surface area contributed by atoms with E-state index >= 15 is 0 Å². The summed E-state index contributed by atoms with van der Waals surface area (Å²) in [5.74, 6) is 0.561. The van der Waals surface area contributed by atoms with E-state index in [1.807, 2.05) is 31.9 Å². The Kier molecular flexibility index (Phi) is 5.58. The van der Waals surface area contributed by atoms with Crippen LogP contribution in [0.4, 0.5) is 10.6 Å². The molecular formula is C14H25N5O2. The molecule has 2 amide bonds. The van der Waals surface area contributed by atoms with E-state index in [1.54, 1.807) is 6.07 Å². The van der Waals surface area contributed by atoms with Crippen molar-refractivity contribution in [2.75, 3.05) is 32.6 Å². The third-order valence-corrected chi connectivity index (χ3v) is 3.54. The van der Waals surface area contributed by atoms with E-state index in [2.05, 4.69) is 20.6 Å². The van der Waals surface area contributed by atoms with Crippen LogP contribution in [0.5, 0.6) is 0 Å². The molecule has 7 heteroatoms. The molecule has 1 aromatic rings. The van der Waals surface area contributed by atoms with Crippen LogP contribution in [-0.2, 0) is 11.3 Å². The number of hydrogen-bond donors (Lipinski definition) is 2. The van der Waals surface area contributed by atoms with E-state index in [1.165, 1.54) is 0 Å². The Morgan fingerprint density at radius 2 is 2.43 bits per heavy atom. The van der Waals surface area contributed by atoms with E-state index in [0.29, 0.717) is 5.82 Å². The molecule has 0 unspecified atom stereocenters. The van der Waals surface area contributed by atoms with Crippen LogP contribution in [0.1, 0.15) is 19.8 Å². The van der Waals surface area contributed by atoms with Crippen molar-refractivity contribution in [3.63, 3.8) is 0 Å². The van der Waals surface area contributed by atoms with Crippen molar-refractivity contribution < 1.29 is 9.53 Å². The van der Waals surface area contributed by atoms with Crippen LogP contribution in [0.2, 0.25) is 0 Å². The Morgan fingerprint density at radius 1 is 1.62 bits per heavy atom. The number of rotatable bonds is 6. The number of anilines is 1. The smallest absolute Gasteiger partial charge is 0.320 e. The summed E-state index contributed by atoms with van der Waals surface area (Å²) in [6.07, 6.45) is 4.05. The molecule has 21 heavy (non-hydrogen) atoms. The van der Waals surface area contributed by atoms with Gasteiger partial charge in [-0.25, -0.2) is 4.79 Å². The lowest BCUT2D eigenvalue weighted by molar-refractivity contribution is 0.0868. The van der Waals surface area contributed by atoms with E-state index in [9.17, 15) is 4.79 Å². The summed E-state index contributed by atoms with van der Waals surface area (Å²) in [5.41, 5.74) is 0. The van der Waals surface area contributed by atoms with Gasteiger partial charge in [0.2, 0.25) is 0 Å². The van der Waals surface area contributed by atoms with Gasteiger partial charge in [0.15, 0.2) is 5.82 Å². The summed E-state index contributed by atoms with van der Waals surface area (Å²) in [6, 6.07) is 1.56. The van der Waals surface area contributed by atoms with Gasteiger partial charge in [0, 0.05) is 25.4 Å². The van der Waals surface area contributed by atoms with Crippen LogP contribution in [0.3, 0.4) is 0 Å². The number of urea groups is 1. The molecule has 1 saturated heterocycles. The molecule has 0 bridgehead atoms. The zero-order valence-corrected chi connectivity index (χ0v) is 13.0. The van der Waals surface area contributed by atoms with Crippen LogP contribution in [0, 0.1) is 0 Å². The highest BCUT2D eigenvalue weighted by Gasteiger charge is 2.23. The van der Waals surface area contributed by atoms with Gasteiger partial charge < -0.3 is 15.0 Å². The lowest BCUT2D eigenvalue weighted by Crippen LogP contribution is -2.43. The first-order valence-corrected chi connectivity index (χ1v) is 7.42. The second kappa shape index (κ2) is 7.42. The average molecular weight is 295 g/mol. The lowest BCUT2D eigenvalue weighted by Gasteiger charge is -2.19. The van der Waals surface area contributed by atoms with Crippen molar-refractivity contribution in [2.45, 2.75) is 38.5 Å². The first-order valence-electron chi connectivity index (χ1n) is 7.42. The van der Waals surface area contributed by atoms with Gasteiger partial charge in [0.1, 0.15) is 0 Å². The molecule has 2 rings (SSSR count). The summed E-state index contributed by atoms with van der Waals surface area (Å²) in [4.78, 5) is 14.0. The van der Waals surface area contributed by atoms with Crippen molar-refractivity contribution in [3.8, 4) is 0 Å². The van der Waals surface area contributed by atoms with Crippen molar-refractivity contribution >= 4 is 11.8 Å². The second-order valence-electron chi connectivity index (χ2n) is 5.71. The summed E-state index contributed by atoms with van der Waals surface area (Å²) in [5, 5.41) is 9.96. The van der Waals surface area contributed by atoms with Crippen molar-refractivity contribution in [2.24, 2.45) is 0 Å². The third-order valence-electron chi connectivity index (χ3n) is 3.54. The Morgan fingerprint density at radius 3 is 3.10 bits per heavy atom. The highest BCUT2D eigenvalue weighted by molar-refractivity contribution is 5.88. The topological polar surface area (TPSA) is 71.4 Å². The number of likely N-dealkylation sites (N-methyl/N-ethyl adjacent to an activating group) is 1. The predicted octanol–water partition coefficient (Wildman–Crippen LogP) is 1.13. The molecule has 1 aliphatic heterocycles. The first-order chi connectivity index (χ1) is 10.0. The molecule has 118 valence electrons. The monoisotopic (exact) mass is 295 g/mol. The lowest BCUT2D eigenvalue weighted by atomic mass is 10.1. The van der Waals surface area contributed by atoms with Crippen molar-refractivity contribution in [1.29, 1.82) is 0 Å². The minimum atomic E-state index is -0.240. The molecule has 0 saturated carbocycles. The number of carbonyl (C=O) groups is 1. The molecule has 0 radical (unpaired) electrons.